The van der Waals surface area contributed by atoms with Crippen molar-refractivity contribution in [2.24, 2.45) is 0 Å². The van der Waals surface area contributed by atoms with Gasteiger partial charge in [0.2, 0.25) is 0 Å². The molecule has 0 aliphatic carbocycles. The molecule has 0 bridgehead atoms. The van der Waals surface area contributed by atoms with E-state index < -0.39 is 23.7 Å². The van der Waals surface area contributed by atoms with E-state index in [1.54, 1.807) is 0 Å². The number of aromatic nitrogens is 2. The van der Waals surface area contributed by atoms with Gasteiger partial charge in [-0.25, -0.2) is 18.7 Å². The smallest absolute Gasteiger partial charge is 0.288 e. The van der Waals surface area contributed by atoms with Crippen LogP contribution in [0.25, 0.3) is 0 Å². The van der Waals surface area contributed by atoms with Gasteiger partial charge in [0.15, 0.2) is 0 Å². The highest BCUT2D eigenvalue weighted by molar-refractivity contribution is 5.29. The first-order valence-electron chi connectivity index (χ1n) is 3.61. The van der Waals surface area contributed by atoms with Crippen LogP contribution < -0.4 is 5.73 Å². The van der Waals surface area contributed by atoms with E-state index in [1.165, 1.54) is 0 Å². The van der Waals surface area contributed by atoms with E-state index in [1.807, 2.05) is 0 Å². The Bertz CT molecular complexity index is 334. The maximum Gasteiger partial charge on any atom is 0.288 e. The predicted octanol–water partition coefficient (Wildman–Crippen LogP) is 2.11. The van der Waals surface area contributed by atoms with Crippen molar-refractivity contribution in [2.75, 3.05) is 5.73 Å². The summed E-state index contributed by atoms with van der Waals surface area (Å²) in [5.74, 6) is -3.76. The van der Waals surface area contributed by atoms with E-state index in [-0.39, 0.29) is 5.82 Å². The van der Waals surface area contributed by atoms with Gasteiger partial charge in [0.1, 0.15) is 17.2 Å². The Labute approximate surface area is 77.0 Å². The molecule has 78 valence electrons. The summed E-state index contributed by atoms with van der Waals surface area (Å²) in [5.41, 5.74) is 2.94. The maximum absolute atomic E-state index is 12.7. The number of rotatable bonds is 2. The summed E-state index contributed by atoms with van der Waals surface area (Å²) in [7, 11) is 0. The molecular formula is C7H7F4N3. The van der Waals surface area contributed by atoms with Gasteiger partial charge in [-0.3, -0.25) is 0 Å². The number of nitrogen functional groups attached to an aromatic ring is 1. The highest BCUT2D eigenvalue weighted by atomic mass is 19.3. The molecule has 1 aromatic heterocycles. The fourth-order valence-corrected chi connectivity index (χ4v) is 0.908. The van der Waals surface area contributed by atoms with Crippen LogP contribution in [-0.2, 0) is 5.92 Å². The Balaban J connectivity index is 3.29. The van der Waals surface area contributed by atoms with Gasteiger partial charge in [-0.05, 0) is 0 Å². The second-order valence-corrected chi connectivity index (χ2v) is 2.72. The Morgan fingerprint density at radius 3 is 2.43 bits per heavy atom. The fourth-order valence-electron chi connectivity index (χ4n) is 0.908. The summed E-state index contributed by atoms with van der Waals surface area (Å²) in [6.07, 6.45) is -2.30. The molecule has 1 rings (SSSR count). The van der Waals surface area contributed by atoms with E-state index in [0.29, 0.717) is 6.92 Å². The zero-order chi connectivity index (χ0) is 10.9. The van der Waals surface area contributed by atoms with Gasteiger partial charge < -0.3 is 5.73 Å². The van der Waals surface area contributed by atoms with Gasteiger partial charge in [0.25, 0.3) is 12.3 Å². The molecule has 3 nitrogen and oxygen atoms in total. The number of halogens is 4. The number of nitrogens with zero attached hydrogens (tertiary/aromatic N) is 2. The molecule has 0 aromatic carbocycles. The Morgan fingerprint density at radius 2 is 2.00 bits per heavy atom. The molecule has 0 unspecified atom stereocenters. The first-order valence-corrected chi connectivity index (χ1v) is 3.61. The van der Waals surface area contributed by atoms with Crippen LogP contribution in [0.4, 0.5) is 23.4 Å². The van der Waals surface area contributed by atoms with Crippen LogP contribution in [0.2, 0.25) is 0 Å². The molecular weight excluding hydrogens is 202 g/mol. The SMILES string of the molecule is CC(F)(F)c1ncc(N)nc1C(F)F. The van der Waals surface area contributed by atoms with Gasteiger partial charge in [-0.15, -0.1) is 0 Å². The number of nitrogens with two attached hydrogens (primary N) is 1. The fraction of sp³-hybridized carbons (Fsp3) is 0.429. The molecule has 1 aromatic rings. The molecule has 0 aliphatic heterocycles. The van der Waals surface area contributed by atoms with Crippen LogP contribution in [0, 0.1) is 0 Å². The second kappa shape index (κ2) is 3.39. The van der Waals surface area contributed by atoms with Crippen LogP contribution in [0.1, 0.15) is 24.7 Å². The summed E-state index contributed by atoms with van der Waals surface area (Å²) in [5, 5.41) is 0. The van der Waals surface area contributed by atoms with Gasteiger partial charge in [-0.1, -0.05) is 0 Å². The molecule has 14 heavy (non-hydrogen) atoms. The number of anilines is 1. The van der Waals surface area contributed by atoms with Crippen molar-refractivity contribution in [3.8, 4) is 0 Å². The van der Waals surface area contributed by atoms with E-state index in [0.717, 1.165) is 6.20 Å². The monoisotopic (exact) mass is 209 g/mol. The molecule has 0 atom stereocenters. The Morgan fingerprint density at radius 1 is 1.43 bits per heavy atom. The van der Waals surface area contributed by atoms with Crippen molar-refractivity contribution in [3.63, 3.8) is 0 Å². The minimum Gasteiger partial charge on any atom is -0.382 e. The van der Waals surface area contributed by atoms with Crippen molar-refractivity contribution in [3.05, 3.63) is 17.6 Å². The molecule has 0 aliphatic rings. The summed E-state index contributed by atoms with van der Waals surface area (Å²) in [6, 6.07) is 0. The molecule has 0 saturated carbocycles. The summed E-state index contributed by atoms with van der Waals surface area (Å²) < 4.78 is 50.0. The van der Waals surface area contributed by atoms with E-state index in [9.17, 15) is 17.6 Å². The third-order valence-electron chi connectivity index (χ3n) is 1.44. The quantitative estimate of drug-likeness (QED) is 0.759. The second-order valence-electron chi connectivity index (χ2n) is 2.72. The molecule has 2 N–H and O–H groups in total. The third-order valence-corrected chi connectivity index (χ3v) is 1.44. The lowest BCUT2D eigenvalue weighted by atomic mass is 10.2. The number of alkyl halides is 4. The molecule has 0 saturated heterocycles. The highest BCUT2D eigenvalue weighted by Crippen LogP contribution is 2.32. The van der Waals surface area contributed by atoms with Gasteiger partial charge >= 0.3 is 0 Å². The molecule has 0 fully saturated rings. The van der Waals surface area contributed by atoms with Crippen molar-refractivity contribution < 1.29 is 17.6 Å². The average molecular weight is 209 g/mol. The largest absolute Gasteiger partial charge is 0.382 e. The topological polar surface area (TPSA) is 51.8 Å². The standard InChI is InChI=1S/C7H7F4N3/c1-7(10,11)5-4(6(8)9)14-3(12)2-13-5/h2,6H,1H3,(H2,12,14). The van der Waals surface area contributed by atoms with Crippen LogP contribution in [0.5, 0.6) is 0 Å². The molecule has 7 heteroatoms. The average Bonchev–Trinajstić information content (AvgIpc) is 2.01. The lowest BCUT2D eigenvalue weighted by Crippen LogP contribution is -2.16. The van der Waals surface area contributed by atoms with Crippen molar-refractivity contribution >= 4 is 5.82 Å². The summed E-state index contributed by atoms with van der Waals surface area (Å²) >= 11 is 0. The van der Waals surface area contributed by atoms with Gasteiger partial charge in [0.05, 0.1) is 6.20 Å². The third kappa shape index (κ3) is 2.09. The highest BCUT2D eigenvalue weighted by Gasteiger charge is 2.33. The van der Waals surface area contributed by atoms with Crippen molar-refractivity contribution in [1.82, 2.24) is 9.97 Å². The summed E-state index contributed by atoms with van der Waals surface area (Å²) in [4.78, 5) is 6.28. The minimum atomic E-state index is -3.45. The molecule has 0 spiro atoms. The normalized spacial score (nSPS) is 12.1. The van der Waals surface area contributed by atoms with Gasteiger partial charge in [-0.2, -0.15) is 8.78 Å². The molecule has 1 heterocycles. The predicted molar refractivity (Wildman–Crippen MR) is 41.0 cm³/mol. The maximum atomic E-state index is 12.7. The van der Waals surface area contributed by atoms with Gasteiger partial charge in [0, 0.05) is 6.92 Å². The van der Waals surface area contributed by atoms with Crippen LogP contribution >= 0.6 is 0 Å². The number of hydrogen-bond donors (Lipinski definition) is 1. The lowest BCUT2D eigenvalue weighted by molar-refractivity contribution is 0.00650. The first-order chi connectivity index (χ1) is 6.32. The van der Waals surface area contributed by atoms with E-state index in [2.05, 4.69) is 9.97 Å². The van der Waals surface area contributed by atoms with Crippen molar-refractivity contribution in [1.29, 1.82) is 0 Å². The number of hydrogen-bond acceptors (Lipinski definition) is 3. The van der Waals surface area contributed by atoms with Crippen LogP contribution in [0.15, 0.2) is 6.20 Å². The Kier molecular flexibility index (Phi) is 2.59. The van der Waals surface area contributed by atoms with Crippen LogP contribution in [-0.4, -0.2) is 9.97 Å². The summed E-state index contributed by atoms with van der Waals surface area (Å²) in [6.45, 7) is 0.471. The minimum absolute atomic E-state index is 0.312. The van der Waals surface area contributed by atoms with E-state index >= 15 is 0 Å². The molecule has 0 radical (unpaired) electrons. The van der Waals surface area contributed by atoms with Crippen molar-refractivity contribution in [2.45, 2.75) is 19.3 Å². The van der Waals surface area contributed by atoms with E-state index in [4.69, 9.17) is 5.73 Å². The zero-order valence-electron chi connectivity index (χ0n) is 7.14. The molecule has 0 amide bonds. The van der Waals surface area contributed by atoms with Crippen LogP contribution in [0.3, 0.4) is 0 Å². The first kappa shape index (κ1) is 10.7. The Hall–Kier alpha value is -1.40. The zero-order valence-corrected chi connectivity index (χ0v) is 7.14. The lowest BCUT2D eigenvalue weighted by Gasteiger charge is -2.13.